The third kappa shape index (κ3) is 2.37. The van der Waals surface area contributed by atoms with Crippen LogP contribution in [0.1, 0.15) is 28.4 Å². The van der Waals surface area contributed by atoms with Crippen molar-refractivity contribution in [1.82, 2.24) is 4.90 Å². The molecule has 1 heterocycles. The van der Waals surface area contributed by atoms with Gasteiger partial charge in [0.25, 0.3) is 0 Å². The van der Waals surface area contributed by atoms with Gasteiger partial charge in [-0.3, -0.25) is 0 Å². The van der Waals surface area contributed by atoms with Gasteiger partial charge in [0.2, 0.25) is 0 Å². The van der Waals surface area contributed by atoms with Crippen LogP contribution in [-0.4, -0.2) is 25.0 Å². The number of benzene rings is 1. The van der Waals surface area contributed by atoms with E-state index in [1.807, 2.05) is 12.1 Å². The van der Waals surface area contributed by atoms with Crippen LogP contribution in [0, 0.1) is 0 Å². The average molecular weight is 257 g/mol. The number of rotatable bonds is 1. The van der Waals surface area contributed by atoms with Crippen LogP contribution in [0.25, 0.3) is 0 Å². The van der Waals surface area contributed by atoms with Crippen LogP contribution >= 0.6 is 15.9 Å². The van der Waals surface area contributed by atoms with Crippen LogP contribution in [0.4, 0.5) is 0 Å². The van der Waals surface area contributed by atoms with E-state index >= 15 is 0 Å². The first-order valence-corrected chi connectivity index (χ1v) is 5.76. The second-order valence-electron chi connectivity index (χ2n) is 3.81. The number of likely N-dealkylation sites (tertiary alicyclic amines) is 1. The van der Waals surface area contributed by atoms with Gasteiger partial charge in [0, 0.05) is 8.58 Å². The highest BCUT2D eigenvalue weighted by atomic mass is 79.9. The molecule has 0 radical (unpaired) electrons. The van der Waals surface area contributed by atoms with E-state index in [9.17, 15) is 0 Å². The van der Waals surface area contributed by atoms with Crippen LogP contribution in [-0.2, 0) is 0 Å². The molecule has 0 spiro atoms. The lowest BCUT2D eigenvalue weighted by atomic mass is 9.90. The van der Waals surface area contributed by atoms with Crippen LogP contribution in [0.15, 0.2) is 28.7 Å². The van der Waals surface area contributed by atoms with Gasteiger partial charge < -0.3 is 4.90 Å². The van der Waals surface area contributed by atoms with E-state index in [4.69, 9.17) is 4.11 Å². The number of nitrogens with zero attached hydrogens (tertiary/aromatic N) is 1. The quantitative estimate of drug-likeness (QED) is 0.746. The molecule has 1 aliphatic rings. The highest BCUT2D eigenvalue weighted by molar-refractivity contribution is 9.10. The van der Waals surface area contributed by atoms with Crippen molar-refractivity contribution >= 4 is 15.9 Å². The molecule has 0 amide bonds. The molecular formula is C12H16BrN. The van der Waals surface area contributed by atoms with Gasteiger partial charge in [-0.2, -0.15) is 0 Å². The Kier molecular flexibility index (Phi) is 2.23. The van der Waals surface area contributed by atoms with Crippen molar-refractivity contribution < 1.29 is 4.11 Å². The van der Waals surface area contributed by atoms with E-state index in [1.54, 1.807) is 4.90 Å². The number of halogens is 1. The largest absolute Gasteiger partial charge is 0.306 e. The Balaban J connectivity index is 1.97. The molecule has 0 aromatic heterocycles. The highest BCUT2D eigenvalue weighted by Gasteiger charge is 2.17. The second-order valence-corrected chi connectivity index (χ2v) is 4.73. The van der Waals surface area contributed by atoms with E-state index in [1.165, 1.54) is 5.56 Å². The van der Waals surface area contributed by atoms with Gasteiger partial charge in [0.05, 0.1) is 0 Å². The monoisotopic (exact) mass is 256 g/mol. The summed E-state index contributed by atoms with van der Waals surface area (Å²) in [6.07, 6.45) is 1.86. The normalized spacial score (nSPS) is 23.9. The zero-order chi connectivity index (χ0) is 12.5. The molecule has 0 atom stereocenters. The molecule has 1 aromatic carbocycles. The molecule has 14 heavy (non-hydrogen) atoms. The van der Waals surface area contributed by atoms with Crippen LogP contribution in [0.2, 0.25) is 0 Å². The molecule has 1 saturated heterocycles. The minimum Gasteiger partial charge on any atom is -0.306 e. The number of hydrogen-bond donors (Lipinski definition) is 0. The fourth-order valence-electron chi connectivity index (χ4n) is 1.95. The summed E-state index contributed by atoms with van der Waals surface area (Å²) < 4.78 is 23.2. The van der Waals surface area contributed by atoms with Gasteiger partial charge in [-0.05, 0) is 56.5 Å². The van der Waals surface area contributed by atoms with Crippen molar-refractivity contribution in [3.05, 3.63) is 34.3 Å². The Hall–Kier alpha value is -0.340. The number of hydrogen-bond acceptors (Lipinski definition) is 1. The Bertz CT molecular complexity index is 366. The van der Waals surface area contributed by atoms with Gasteiger partial charge >= 0.3 is 0 Å². The predicted octanol–water partition coefficient (Wildman–Crippen LogP) is 3.26. The van der Waals surface area contributed by atoms with E-state index in [-0.39, 0.29) is 0 Å². The molecule has 2 heteroatoms. The molecule has 1 aliphatic heterocycles. The van der Waals surface area contributed by atoms with Gasteiger partial charge in [0.1, 0.15) is 0 Å². The summed E-state index contributed by atoms with van der Waals surface area (Å²) in [5.74, 6) is 0.502. The molecule has 1 nitrogen and oxygen atoms in total. The van der Waals surface area contributed by atoms with Crippen LogP contribution in [0.3, 0.4) is 0 Å². The molecule has 1 fully saturated rings. The van der Waals surface area contributed by atoms with E-state index in [0.29, 0.717) is 19.0 Å². The molecular weight excluding hydrogens is 238 g/mol. The highest BCUT2D eigenvalue weighted by Crippen LogP contribution is 2.28. The Morgan fingerprint density at radius 2 is 1.93 bits per heavy atom. The Morgan fingerprint density at radius 1 is 1.29 bits per heavy atom. The summed E-state index contributed by atoms with van der Waals surface area (Å²) >= 11 is 3.42. The van der Waals surface area contributed by atoms with Crippen molar-refractivity contribution in [2.45, 2.75) is 18.8 Å². The lowest BCUT2D eigenvalue weighted by molar-refractivity contribution is 0.255. The zero-order valence-electron chi connectivity index (χ0n) is 11.0. The van der Waals surface area contributed by atoms with Gasteiger partial charge in [-0.15, -0.1) is 0 Å². The first kappa shape index (κ1) is 7.02. The van der Waals surface area contributed by atoms with E-state index in [0.717, 1.165) is 17.3 Å². The maximum Gasteiger partial charge on any atom is 0.0394 e. The molecule has 2 rings (SSSR count). The second kappa shape index (κ2) is 4.45. The molecule has 1 aromatic rings. The minimum absolute atomic E-state index is 0.502. The smallest absolute Gasteiger partial charge is 0.0394 e. The summed E-state index contributed by atoms with van der Waals surface area (Å²) in [5.41, 5.74) is 1.32. The van der Waals surface area contributed by atoms with Crippen molar-refractivity contribution in [2.24, 2.45) is 0 Å². The lowest BCUT2D eigenvalue weighted by Crippen LogP contribution is -2.29. The van der Waals surface area contributed by atoms with Crippen molar-refractivity contribution in [2.75, 3.05) is 20.1 Å². The lowest BCUT2D eigenvalue weighted by Gasteiger charge is -2.29. The minimum atomic E-state index is -1.93. The van der Waals surface area contributed by atoms with E-state index in [2.05, 4.69) is 28.1 Å². The first-order valence-electron chi connectivity index (χ1n) is 6.47. The predicted molar refractivity (Wildman–Crippen MR) is 63.6 cm³/mol. The summed E-state index contributed by atoms with van der Waals surface area (Å²) in [7, 11) is 0. The summed E-state index contributed by atoms with van der Waals surface area (Å²) in [4.78, 5) is 1.60. The standard InChI is InChI=1S/C12H16BrN/c1-14-8-6-11(7-9-14)10-2-4-12(13)5-3-10/h2-5,11H,6-9H2,1H3/i1D3. The van der Waals surface area contributed by atoms with Gasteiger partial charge in [0.15, 0.2) is 0 Å². The number of piperidine rings is 1. The third-order valence-electron chi connectivity index (χ3n) is 2.84. The van der Waals surface area contributed by atoms with Crippen molar-refractivity contribution in [3.63, 3.8) is 0 Å². The molecule has 0 unspecified atom stereocenters. The third-order valence-corrected chi connectivity index (χ3v) is 3.37. The SMILES string of the molecule is [2H]C([2H])([2H])N1CCC(c2ccc(Br)cc2)CC1. The average Bonchev–Trinajstić information content (AvgIpc) is 2.29. The topological polar surface area (TPSA) is 3.24 Å². The van der Waals surface area contributed by atoms with Crippen molar-refractivity contribution in [1.29, 1.82) is 0 Å². The molecule has 0 bridgehead atoms. The van der Waals surface area contributed by atoms with Crippen LogP contribution in [0.5, 0.6) is 0 Å². The van der Waals surface area contributed by atoms with Crippen LogP contribution < -0.4 is 0 Å². The maximum atomic E-state index is 7.38. The Morgan fingerprint density at radius 3 is 2.50 bits per heavy atom. The Labute approximate surface area is 98.5 Å². The van der Waals surface area contributed by atoms with Crippen molar-refractivity contribution in [3.8, 4) is 0 Å². The fourth-order valence-corrected chi connectivity index (χ4v) is 2.21. The van der Waals surface area contributed by atoms with Gasteiger partial charge in [-0.25, -0.2) is 0 Å². The van der Waals surface area contributed by atoms with Gasteiger partial charge in [-0.1, -0.05) is 28.1 Å². The van der Waals surface area contributed by atoms with E-state index < -0.39 is 6.98 Å². The molecule has 0 saturated carbocycles. The maximum absolute atomic E-state index is 7.38. The summed E-state index contributed by atoms with van der Waals surface area (Å²) in [6.45, 7) is -0.598. The molecule has 0 aliphatic carbocycles. The summed E-state index contributed by atoms with van der Waals surface area (Å²) in [5, 5.41) is 0. The molecule has 0 N–H and O–H groups in total. The first-order chi connectivity index (χ1) is 7.97. The summed E-state index contributed by atoms with van der Waals surface area (Å²) in [6, 6.07) is 8.34. The zero-order valence-corrected chi connectivity index (χ0v) is 9.63. The fraction of sp³-hybridized carbons (Fsp3) is 0.500. The molecule has 76 valence electrons.